The van der Waals surface area contributed by atoms with Crippen LogP contribution in [0.4, 0.5) is 0 Å². The minimum atomic E-state index is -1.08. The lowest BCUT2D eigenvalue weighted by Gasteiger charge is -2.22. The molecule has 0 bridgehead atoms. The molecule has 0 unspecified atom stereocenters. The first kappa shape index (κ1) is 16.4. The largest absolute Gasteiger partial charge is 0.478 e. The van der Waals surface area contributed by atoms with Gasteiger partial charge in [-0.3, -0.25) is 4.79 Å². The molecule has 2 aromatic rings. The fraction of sp³-hybridized carbons (Fsp3) is 0.333. The Morgan fingerprint density at radius 3 is 2.08 bits per heavy atom. The van der Waals surface area contributed by atoms with E-state index in [0.29, 0.717) is 5.56 Å². The van der Waals surface area contributed by atoms with Crippen molar-refractivity contribution in [2.75, 3.05) is 0 Å². The number of carbonyl (C=O) groups excluding carboxylic acids is 1. The van der Waals surface area contributed by atoms with Crippen molar-refractivity contribution < 1.29 is 14.7 Å². The molecular weight excluding hydrogens is 300 g/mol. The second-order valence-corrected chi connectivity index (χ2v) is 7.88. The summed E-state index contributed by atoms with van der Waals surface area (Å²) in [5, 5.41) is 9.32. The molecule has 3 heteroatoms. The first-order valence-corrected chi connectivity index (χ1v) is 8.15. The van der Waals surface area contributed by atoms with Crippen molar-refractivity contribution in [2.45, 2.75) is 44.9 Å². The van der Waals surface area contributed by atoms with E-state index in [4.69, 9.17) is 0 Å². The summed E-state index contributed by atoms with van der Waals surface area (Å²) < 4.78 is 0. The average molecular weight is 322 g/mol. The highest BCUT2D eigenvalue weighted by Crippen LogP contribution is 2.49. The number of carboxylic acid groups (broad SMARTS) is 1. The van der Waals surface area contributed by atoms with Crippen LogP contribution < -0.4 is 0 Å². The summed E-state index contributed by atoms with van der Waals surface area (Å²) >= 11 is 0. The molecule has 0 fully saturated rings. The molecule has 1 N–H and O–H groups in total. The summed E-state index contributed by atoms with van der Waals surface area (Å²) in [5.41, 5.74) is 3.37. The number of rotatable bonds is 3. The van der Waals surface area contributed by atoms with E-state index < -0.39 is 5.97 Å². The lowest BCUT2D eigenvalue weighted by atomic mass is 9.82. The lowest BCUT2D eigenvalue weighted by Crippen LogP contribution is -2.18. The maximum atomic E-state index is 12.9. The first-order chi connectivity index (χ1) is 11.1. The van der Waals surface area contributed by atoms with Crippen LogP contribution in [0.25, 0.3) is 0 Å². The van der Waals surface area contributed by atoms with Gasteiger partial charge in [0.2, 0.25) is 0 Å². The maximum Gasteiger partial charge on any atom is 0.336 e. The highest BCUT2D eigenvalue weighted by Gasteiger charge is 2.42. The molecule has 2 aromatic carbocycles. The van der Waals surface area contributed by atoms with Crippen LogP contribution in [-0.4, -0.2) is 16.9 Å². The van der Waals surface area contributed by atoms with Gasteiger partial charge < -0.3 is 5.11 Å². The maximum absolute atomic E-state index is 12.9. The molecule has 1 aliphatic rings. The quantitative estimate of drug-likeness (QED) is 0.842. The van der Waals surface area contributed by atoms with Crippen LogP contribution in [0, 0.1) is 0 Å². The van der Waals surface area contributed by atoms with Crippen molar-refractivity contribution >= 4 is 11.8 Å². The molecule has 0 radical (unpaired) electrons. The van der Waals surface area contributed by atoms with Gasteiger partial charge in [0.05, 0.1) is 5.56 Å². The van der Waals surface area contributed by atoms with Gasteiger partial charge in [-0.05, 0) is 40.5 Å². The van der Waals surface area contributed by atoms with E-state index in [-0.39, 0.29) is 27.7 Å². The number of benzene rings is 2. The van der Waals surface area contributed by atoms with E-state index in [1.165, 1.54) is 17.2 Å². The summed E-state index contributed by atoms with van der Waals surface area (Å²) in [5.74, 6) is -1.32. The molecule has 0 amide bonds. The number of fused-ring (bicyclic) bond motifs is 1. The highest BCUT2D eigenvalue weighted by molar-refractivity contribution is 6.14. The second kappa shape index (κ2) is 5.30. The molecule has 0 aromatic heterocycles. The first-order valence-electron chi connectivity index (χ1n) is 8.15. The smallest absolute Gasteiger partial charge is 0.336 e. The van der Waals surface area contributed by atoms with Crippen molar-refractivity contribution in [1.82, 2.24) is 0 Å². The Morgan fingerprint density at radius 2 is 1.46 bits per heavy atom. The van der Waals surface area contributed by atoms with Gasteiger partial charge in [0.25, 0.3) is 0 Å². The molecule has 3 nitrogen and oxygen atoms in total. The van der Waals surface area contributed by atoms with Crippen molar-refractivity contribution in [3.8, 4) is 0 Å². The SMILES string of the molecule is CC1(C)CC(C)(C)c2cc(C(=O)c3ccccc3C(=O)O)ccc21. The normalized spacial score (nSPS) is 17.3. The minimum Gasteiger partial charge on any atom is -0.478 e. The fourth-order valence-corrected chi connectivity index (χ4v) is 4.15. The molecule has 124 valence electrons. The molecular formula is C21H22O3. The highest BCUT2D eigenvalue weighted by atomic mass is 16.4. The number of hydrogen-bond donors (Lipinski definition) is 1. The Balaban J connectivity index is 2.10. The number of ketones is 1. The monoisotopic (exact) mass is 322 g/mol. The van der Waals surface area contributed by atoms with E-state index in [2.05, 4.69) is 27.7 Å². The van der Waals surface area contributed by atoms with Crippen LogP contribution in [0.1, 0.15) is 71.5 Å². The van der Waals surface area contributed by atoms with E-state index in [9.17, 15) is 14.7 Å². The van der Waals surface area contributed by atoms with Gasteiger partial charge in [-0.1, -0.05) is 58.0 Å². The van der Waals surface area contributed by atoms with Gasteiger partial charge in [0.15, 0.2) is 5.78 Å². The Labute approximate surface area is 142 Å². The number of aromatic carboxylic acids is 1. The Hall–Kier alpha value is -2.42. The molecule has 0 aliphatic heterocycles. The summed E-state index contributed by atoms with van der Waals surface area (Å²) in [6, 6.07) is 12.2. The van der Waals surface area contributed by atoms with Gasteiger partial charge in [0.1, 0.15) is 0 Å². The fourth-order valence-electron chi connectivity index (χ4n) is 4.15. The molecule has 0 atom stereocenters. The minimum absolute atomic E-state index is 0.00143. The third-order valence-corrected chi connectivity index (χ3v) is 5.03. The van der Waals surface area contributed by atoms with E-state index in [0.717, 1.165) is 6.42 Å². The average Bonchev–Trinajstić information content (AvgIpc) is 2.71. The van der Waals surface area contributed by atoms with E-state index in [1.807, 2.05) is 18.2 Å². The molecule has 0 heterocycles. The zero-order valence-electron chi connectivity index (χ0n) is 14.5. The van der Waals surface area contributed by atoms with Crippen molar-refractivity contribution in [3.63, 3.8) is 0 Å². The molecule has 3 rings (SSSR count). The third-order valence-electron chi connectivity index (χ3n) is 5.03. The van der Waals surface area contributed by atoms with Crippen molar-refractivity contribution in [1.29, 1.82) is 0 Å². The predicted molar refractivity (Wildman–Crippen MR) is 93.9 cm³/mol. The zero-order valence-corrected chi connectivity index (χ0v) is 14.5. The topological polar surface area (TPSA) is 54.4 Å². The molecule has 0 spiro atoms. The number of carboxylic acids is 1. The molecule has 24 heavy (non-hydrogen) atoms. The van der Waals surface area contributed by atoms with Crippen LogP contribution in [0.2, 0.25) is 0 Å². The summed E-state index contributed by atoms with van der Waals surface area (Å²) in [7, 11) is 0. The van der Waals surface area contributed by atoms with E-state index in [1.54, 1.807) is 18.2 Å². The number of hydrogen-bond acceptors (Lipinski definition) is 2. The van der Waals surface area contributed by atoms with Gasteiger partial charge in [-0.25, -0.2) is 4.79 Å². The third kappa shape index (κ3) is 2.54. The standard InChI is InChI=1S/C21H22O3/c1-20(2)12-21(3,4)17-11-13(9-10-16(17)20)18(22)14-7-5-6-8-15(14)19(23)24/h5-11H,12H2,1-4H3,(H,23,24). The second-order valence-electron chi connectivity index (χ2n) is 7.88. The summed E-state index contributed by atoms with van der Waals surface area (Å²) in [6.45, 7) is 8.84. The molecule has 0 saturated heterocycles. The van der Waals surface area contributed by atoms with Gasteiger partial charge in [-0.15, -0.1) is 0 Å². The van der Waals surface area contributed by atoms with Gasteiger partial charge >= 0.3 is 5.97 Å². The van der Waals surface area contributed by atoms with Crippen LogP contribution in [0.5, 0.6) is 0 Å². The Kier molecular flexibility index (Phi) is 3.63. The Bertz CT molecular complexity index is 844. The van der Waals surface area contributed by atoms with Gasteiger partial charge in [-0.2, -0.15) is 0 Å². The number of carbonyl (C=O) groups is 2. The summed E-state index contributed by atoms with van der Waals surface area (Å²) in [4.78, 5) is 24.3. The lowest BCUT2D eigenvalue weighted by molar-refractivity contribution is 0.0693. The Morgan fingerprint density at radius 1 is 0.875 bits per heavy atom. The van der Waals surface area contributed by atoms with Crippen LogP contribution in [0.3, 0.4) is 0 Å². The predicted octanol–water partition coefficient (Wildman–Crippen LogP) is 4.57. The zero-order chi connectivity index (χ0) is 17.7. The van der Waals surface area contributed by atoms with Gasteiger partial charge in [0, 0.05) is 11.1 Å². The molecule has 1 aliphatic carbocycles. The van der Waals surface area contributed by atoms with Crippen LogP contribution >= 0.6 is 0 Å². The van der Waals surface area contributed by atoms with Crippen LogP contribution in [0.15, 0.2) is 42.5 Å². The van der Waals surface area contributed by atoms with Crippen molar-refractivity contribution in [2.24, 2.45) is 0 Å². The van der Waals surface area contributed by atoms with Crippen LogP contribution in [-0.2, 0) is 10.8 Å². The molecule has 0 saturated carbocycles. The van der Waals surface area contributed by atoms with Crippen molar-refractivity contribution in [3.05, 3.63) is 70.3 Å². The summed E-state index contributed by atoms with van der Waals surface area (Å²) in [6.07, 6.45) is 1.03. The van der Waals surface area contributed by atoms with E-state index >= 15 is 0 Å².